The molecular formula is C33H35ClF2N6O5S. The Bertz CT molecular complexity index is 1830. The van der Waals surface area contributed by atoms with Crippen molar-refractivity contribution in [3.8, 4) is 11.6 Å². The number of benzene rings is 3. The largest absolute Gasteiger partial charge is 0.439 e. The third-order valence-corrected chi connectivity index (χ3v) is 8.21. The number of pyridine rings is 1. The van der Waals surface area contributed by atoms with Gasteiger partial charge in [0.2, 0.25) is 15.9 Å². The second-order valence-electron chi connectivity index (χ2n) is 11.2. The van der Waals surface area contributed by atoms with Gasteiger partial charge in [-0.05, 0) is 54.3 Å². The second-order valence-corrected chi connectivity index (χ2v) is 13.0. The van der Waals surface area contributed by atoms with E-state index in [0.717, 1.165) is 23.4 Å². The molecule has 1 saturated heterocycles. The van der Waals surface area contributed by atoms with Gasteiger partial charge in [-0.1, -0.05) is 36.4 Å². The Morgan fingerprint density at radius 3 is 2.27 bits per heavy atom. The van der Waals surface area contributed by atoms with Gasteiger partial charge in [0, 0.05) is 56.2 Å². The summed E-state index contributed by atoms with van der Waals surface area (Å²) in [5, 5.41) is 2.51. The van der Waals surface area contributed by atoms with Crippen LogP contribution in [0.4, 0.5) is 25.0 Å². The summed E-state index contributed by atoms with van der Waals surface area (Å²) >= 11 is 0. The lowest BCUT2D eigenvalue weighted by atomic mass is 10.0. The van der Waals surface area contributed by atoms with Gasteiger partial charge in [-0.25, -0.2) is 27.0 Å². The van der Waals surface area contributed by atoms with Crippen LogP contribution in [0.1, 0.15) is 34.3 Å². The number of carbonyl (C=O) groups is 2. The van der Waals surface area contributed by atoms with Crippen LogP contribution >= 0.6 is 12.4 Å². The lowest BCUT2D eigenvalue weighted by molar-refractivity contribution is 0.0996. The first-order valence-electron chi connectivity index (χ1n) is 14.8. The van der Waals surface area contributed by atoms with Crippen molar-refractivity contribution in [1.82, 2.24) is 14.8 Å². The summed E-state index contributed by atoms with van der Waals surface area (Å²) in [5.74, 6) is -2.29. The van der Waals surface area contributed by atoms with E-state index in [-0.39, 0.29) is 30.7 Å². The molecule has 48 heavy (non-hydrogen) atoms. The van der Waals surface area contributed by atoms with Gasteiger partial charge in [0.25, 0.3) is 5.91 Å². The van der Waals surface area contributed by atoms with Crippen molar-refractivity contribution < 1.29 is 31.5 Å². The van der Waals surface area contributed by atoms with Gasteiger partial charge in [-0.2, -0.15) is 0 Å². The highest BCUT2D eigenvalue weighted by molar-refractivity contribution is 7.92. The van der Waals surface area contributed by atoms with E-state index in [1.54, 1.807) is 41.4 Å². The number of nitrogens with one attached hydrogen (secondary N) is 2. The van der Waals surface area contributed by atoms with Crippen molar-refractivity contribution in [2.24, 2.45) is 5.73 Å². The molecule has 2 heterocycles. The highest BCUT2D eigenvalue weighted by Gasteiger charge is 2.29. The van der Waals surface area contributed by atoms with Crippen molar-refractivity contribution >= 4 is 45.7 Å². The first kappa shape index (κ1) is 36.1. The summed E-state index contributed by atoms with van der Waals surface area (Å²) in [5.41, 5.74) is 6.65. The van der Waals surface area contributed by atoms with Crippen molar-refractivity contribution in [2.75, 3.05) is 29.4 Å². The number of sulfonamides is 1. The van der Waals surface area contributed by atoms with Crippen LogP contribution in [-0.4, -0.2) is 60.5 Å². The Labute approximate surface area is 283 Å². The van der Waals surface area contributed by atoms with E-state index in [0.29, 0.717) is 55.9 Å². The van der Waals surface area contributed by atoms with Crippen molar-refractivity contribution in [2.45, 2.75) is 32.0 Å². The smallest absolute Gasteiger partial charge is 0.322 e. The minimum atomic E-state index is -3.37. The van der Waals surface area contributed by atoms with Gasteiger partial charge < -0.3 is 20.7 Å². The van der Waals surface area contributed by atoms with Crippen LogP contribution < -0.4 is 20.5 Å². The van der Waals surface area contributed by atoms with Crippen LogP contribution in [0.15, 0.2) is 85.1 Å². The number of nitrogens with zero attached hydrogens (tertiary/aromatic N) is 3. The molecule has 4 N–H and O–H groups in total. The fourth-order valence-corrected chi connectivity index (χ4v) is 5.87. The Hall–Kier alpha value is -4.79. The number of nitrogens with two attached hydrogens (primary N) is 1. The molecule has 15 heteroatoms. The fraction of sp³-hybridized carbons (Fsp3) is 0.242. The third kappa shape index (κ3) is 9.86. The zero-order valence-corrected chi connectivity index (χ0v) is 27.6. The quantitative estimate of drug-likeness (QED) is 0.181. The van der Waals surface area contributed by atoms with Crippen LogP contribution in [0.5, 0.6) is 11.6 Å². The average molecular weight is 701 g/mol. The molecule has 5 rings (SSSR count). The highest BCUT2D eigenvalue weighted by Crippen LogP contribution is 2.26. The van der Waals surface area contributed by atoms with Gasteiger partial charge >= 0.3 is 6.03 Å². The monoisotopic (exact) mass is 700 g/mol. The number of piperidine rings is 1. The van der Waals surface area contributed by atoms with Crippen LogP contribution in [0.25, 0.3) is 0 Å². The van der Waals surface area contributed by atoms with Crippen molar-refractivity contribution in [3.05, 3.63) is 113 Å². The summed E-state index contributed by atoms with van der Waals surface area (Å²) in [6.45, 7) is 2.27. The summed E-state index contributed by atoms with van der Waals surface area (Å²) in [6, 6.07) is 20.2. The van der Waals surface area contributed by atoms with Gasteiger partial charge in [0.1, 0.15) is 17.4 Å². The predicted molar refractivity (Wildman–Crippen MR) is 181 cm³/mol. The molecule has 0 radical (unpaired) electrons. The number of hydrogen-bond acceptors (Lipinski definition) is 7. The Morgan fingerprint density at radius 2 is 1.67 bits per heavy atom. The molecular weight excluding hydrogens is 666 g/mol. The van der Waals surface area contributed by atoms with Crippen LogP contribution in [-0.2, 0) is 23.1 Å². The highest BCUT2D eigenvalue weighted by atomic mass is 35.5. The van der Waals surface area contributed by atoms with E-state index >= 15 is 0 Å². The number of amides is 3. The number of carbonyl (C=O) groups excluding carboxylic acids is 2. The minimum absolute atomic E-state index is 0. The number of halogens is 3. The maximum Gasteiger partial charge on any atom is 0.322 e. The molecule has 0 atom stereocenters. The Kier molecular flexibility index (Phi) is 11.9. The third-order valence-electron chi connectivity index (χ3n) is 7.60. The standard InChI is InChI=1S/C33H34F2N6O5S.ClH/c1-47(44,45)39-24-8-10-26(11-9-24)46-31-12-7-23(19-37-31)20-40-15-13-25(14-16-40)41(21-22-5-3-2-4-6-22)33(43)38-30-17-27(32(36)42)28(34)18-29(30)35;/h2-12,17-19,25,39H,13-16,20-21H2,1H3,(H2,36,42)(H,38,43);1H. The number of urea groups is 1. The van der Waals surface area contributed by atoms with E-state index < -0.39 is 39.2 Å². The summed E-state index contributed by atoms with van der Waals surface area (Å²) in [7, 11) is -3.37. The van der Waals surface area contributed by atoms with Crippen LogP contribution in [0.3, 0.4) is 0 Å². The summed E-state index contributed by atoms with van der Waals surface area (Å²) < 4.78 is 59.6. The van der Waals surface area contributed by atoms with E-state index in [4.69, 9.17) is 10.5 Å². The van der Waals surface area contributed by atoms with Crippen LogP contribution in [0, 0.1) is 11.6 Å². The Balaban J connectivity index is 0.00000520. The maximum atomic E-state index is 14.6. The number of likely N-dealkylation sites (tertiary alicyclic amines) is 1. The first-order chi connectivity index (χ1) is 22.4. The predicted octanol–water partition coefficient (Wildman–Crippen LogP) is 5.74. The van der Waals surface area contributed by atoms with E-state index in [1.165, 1.54) is 0 Å². The Morgan fingerprint density at radius 1 is 0.979 bits per heavy atom. The lowest BCUT2D eigenvalue weighted by Crippen LogP contribution is -2.48. The molecule has 0 unspecified atom stereocenters. The molecule has 1 aromatic heterocycles. The number of hydrogen-bond donors (Lipinski definition) is 3. The first-order valence-corrected chi connectivity index (χ1v) is 16.7. The molecule has 0 bridgehead atoms. The normalized spacial score (nSPS) is 13.6. The van der Waals surface area contributed by atoms with Crippen LogP contribution in [0.2, 0.25) is 0 Å². The fourth-order valence-electron chi connectivity index (χ4n) is 5.31. The molecule has 0 spiro atoms. The SMILES string of the molecule is CS(=O)(=O)Nc1ccc(Oc2ccc(CN3CCC(N(Cc4ccccc4)C(=O)Nc4cc(C(N)=O)c(F)cc4F)CC3)cn2)cc1.Cl. The molecule has 0 saturated carbocycles. The zero-order valence-electron chi connectivity index (χ0n) is 25.9. The average Bonchev–Trinajstić information content (AvgIpc) is 3.03. The zero-order chi connectivity index (χ0) is 33.6. The van der Waals surface area contributed by atoms with Crippen molar-refractivity contribution in [3.63, 3.8) is 0 Å². The maximum absolute atomic E-state index is 14.6. The van der Waals surface area contributed by atoms with Gasteiger partial charge in [0.05, 0.1) is 17.5 Å². The minimum Gasteiger partial charge on any atom is -0.439 e. The number of ether oxygens (including phenoxy) is 1. The molecule has 3 amide bonds. The molecule has 254 valence electrons. The van der Waals surface area contributed by atoms with E-state index in [1.807, 2.05) is 36.4 Å². The lowest BCUT2D eigenvalue weighted by Gasteiger charge is -2.38. The van der Waals surface area contributed by atoms with Gasteiger partial charge in [-0.15, -0.1) is 12.4 Å². The molecule has 0 aliphatic carbocycles. The number of aromatic nitrogens is 1. The summed E-state index contributed by atoms with van der Waals surface area (Å²) in [4.78, 5) is 33.4. The number of primary amides is 1. The molecule has 3 aromatic carbocycles. The second kappa shape index (κ2) is 15.9. The van der Waals surface area contributed by atoms with Crippen molar-refractivity contribution in [1.29, 1.82) is 0 Å². The number of anilines is 2. The van der Waals surface area contributed by atoms with E-state index in [2.05, 4.69) is 19.9 Å². The number of rotatable bonds is 11. The molecule has 1 aliphatic rings. The summed E-state index contributed by atoms with van der Waals surface area (Å²) in [6.07, 6.45) is 4.11. The topological polar surface area (TPSA) is 147 Å². The molecule has 1 fully saturated rings. The molecule has 4 aromatic rings. The van der Waals surface area contributed by atoms with Gasteiger partial charge in [0.15, 0.2) is 0 Å². The van der Waals surface area contributed by atoms with Gasteiger partial charge in [-0.3, -0.25) is 14.4 Å². The van der Waals surface area contributed by atoms with E-state index in [9.17, 15) is 26.8 Å². The molecule has 1 aliphatic heterocycles. The molecule has 11 nitrogen and oxygen atoms in total.